The van der Waals surface area contributed by atoms with E-state index in [9.17, 15) is 0 Å². The first-order valence-corrected chi connectivity index (χ1v) is 9.28. The Kier molecular flexibility index (Phi) is 8.41. The van der Waals surface area contributed by atoms with Crippen molar-refractivity contribution in [3.05, 3.63) is 41.8 Å². The second-order valence-electron chi connectivity index (χ2n) is 6.72. The van der Waals surface area contributed by atoms with E-state index >= 15 is 0 Å². The monoisotopic (exact) mass is 468 g/mol. The molecule has 142 valence electrons. The molecule has 2 N–H and O–H groups in total. The maximum atomic E-state index is 5.59. The van der Waals surface area contributed by atoms with Gasteiger partial charge < -0.3 is 15.1 Å². The zero-order chi connectivity index (χ0) is 17.5. The Labute approximate surface area is 173 Å². The Morgan fingerprint density at radius 2 is 2.00 bits per heavy atom. The van der Waals surface area contributed by atoms with E-state index in [1.54, 1.807) is 6.26 Å². The number of aryl methyl sites for hydroxylation is 1. The molecule has 0 spiro atoms. The number of guanidine groups is 1. The van der Waals surface area contributed by atoms with Crippen LogP contribution in [0.3, 0.4) is 0 Å². The standard InChI is InChI=1S/C20H28N4O.HI/c1-3-21-20(22-12-4-5-16-8-9-16)23-13-18-14-25-19(24-18)17-10-6-15(2)7-11-17;/h6-7,10-11,14,16H,3-5,8-9,12-13H2,1-2H3,(H2,21,22,23);1H. The molecule has 26 heavy (non-hydrogen) atoms. The number of aromatic nitrogens is 1. The van der Waals surface area contributed by atoms with Crippen LogP contribution < -0.4 is 10.6 Å². The Balaban J connectivity index is 0.00000243. The minimum Gasteiger partial charge on any atom is -0.444 e. The van der Waals surface area contributed by atoms with Crippen molar-refractivity contribution in [2.45, 2.75) is 46.1 Å². The maximum Gasteiger partial charge on any atom is 0.226 e. The molecular formula is C20H29IN4O. The Morgan fingerprint density at radius 3 is 2.69 bits per heavy atom. The van der Waals surface area contributed by atoms with Crippen molar-refractivity contribution in [2.75, 3.05) is 13.1 Å². The minimum atomic E-state index is 0. The number of halogens is 1. The fraction of sp³-hybridized carbons (Fsp3) is 0.500. The van der Waals surface area contributed by atoms with Crippen molar-refractivity contribution in [2.24, 2.45) is 10.9 Å². The van der Waals surface area contributed by atoms with Gasteiger partial charge in [0.15, 0.2) is 5.96 Å². The van der Waals surface area contributed by atoms with Crippen LogP contribution in [0.15, 0.2) is 39.9 Å². The summed E-state index contributed by atoms with van der Waals surface area (Å²) in [7, 11) is 0. The largest absolute Gasteiger partial charge is 0.444 e. The van der Waals surface area contributed by atoms with Crippen molar-refractivity contribution in [1.29, 1.82) is 0 Å². The molecule has 1 heterocycles. The van der Waals surface area contributed by atoms with Crippen LogP contribution in [-0.2, 0) is 6.54 Å². The summed E-state index contributed by atoms with van der Waals surface area (Å²) in [6.45, 7) is 6.47. The van der Waals surface area contributed by atoms with E-state index in [1.807, 2.05) is 12.1 Å². The zero-order valence-corrected chi connectivity index (χ0v) is 18.0. The van der Waals surface area contributed by atoms with Crippen molar-refractivity contribution in [1.82, 2.24) is 15.6 Å². The second-order valence-corrected chi connectivity index (χ2v) is 6.72. The van der Waals surface area contributed by atoms with Crippen LogP contribution in [0.2, 0.25) is 0 Å². The highest BCUT2D eigenvalue weighted by atomic mass is 127. The molecule has 2 aromatic rings. The van der Waals surface area contributed by atoms with Gasteiger partial charge in [0, 0.05) is 18.7 Å². The van der Waals surface area contributed by atoms with Crippen LogP contribution in [0.1, 0.15) is 43.9 Å². The quantitative estimate of drug-likeness (QED) is 0.259. The lowest BCUT2D eigenvalue weighted by Gasteiger charge is -2.10. The molecule has 1 aromatic heterocycles. The highest BCUT2D eigenvalue weighted by Crippen LogP contribution is 2.33. The van der Waals surface area contributed by atoms with Gasteiger partial charge in [-0.3, -0.25) is 0 Å². The average Bonchev–Trinajstić information content (AvgIpc) is 3.33. The third kappa shape index (κ3) is 6.63. The number of nitrogens with one attached hydrogen (secondary N) is 2. The van der Waals surface area contributed by atoms with Gasteiger partial charge in [0.2, 0.25) is 5.89 Å². The average molecular weight is 468 g/mol. The lowest BCUT2D eigenvalue weighted by Crippen LogP contribution is -2.37. The van der Waals surface area contributed by atoms with Crippen LogP contribution in [-0.4, -0.2) is 24.0 Å². The number of rotatable bonds is 8. The number of hydrogen-bond donors (Lipinski definition) is 2. The van der Waals surface area contributed by atoms with Gasteiger partial charge in [0.1, 0.15) is 12.0 Å². The van der Waals surface area contributed by atoms with E-state index in [0.29, 0.717) is 12.4 Å². The number of hydrogen-bond acceptors (Lipinski definition) is 3. The van der Waals surface area contributed by atoms with Gasteiger partial charge in [-0.2, -0.15) is 0 Å². The van der Waals surface area contributed by atoms with Crippen LogP contribution in [0.4, 0.5) is 0 Å². The van der Waals surface area contributed by atoms with E-state index in [4.69, 9.17) is 4.42 Å². The van der Waals surface area contributed by atoms with Gasteiger partial charge in [0.25, 0.3) is 0 Å². The van der Waals surface area contributed by atoms with Gasteiger partial charge in [-0.05, 0) is 44.7 Å². The molecule has 0 radical (unpaired) electrons. The Hall–Kier alpha value is -1.57. The van der Waals surface area contributed by atoms with E-state index in [1.165, 1.54) is 31.2 Å². The van der Waals surface area contributed by atoms with Gasteiger partial charge in [0.05, 0.1) is 6.54 Å². The lowest BCUT2D eigenvalue weighted by atomic mass is 10.1. The number of benzene rings is 1. The van der Waals surface area contributed by atoms with Crippen molar-refractivity contribution in [3.63, 3.8) is 0 Å². The summed E-state index contributed by atoms with van der Waals surface area (Å²) in [6.07, 6.45) is 7.06. The molecule has 1 aliphatic carbocycles. The summed E-state index contributed by atoms with van der Waals surface area (Å²) in [4.78, 5) is 9.15. The number of nitrogens with zero attached hydrogens (tertiary/aromatic N) is 2. The second kappa shape index (κ2) is 10.5. The first kappa shape index (κ1) is 20.7. The highest BCUT2D eigenvalue weighted by Gasteiger charge is 2.19. The molecule has 1 fully saturated rings. The maximum absolute atomic E-state index is 5.59. The molecule has 0 bridgehead atoms. The third-order valence-corrected chi connectivity index (χ3v) is 4.37. The van der Waals surface area contributed by atoms with Gasteiger partial charge in [-0.25, -0.2) is 9.98 Å². The molecule has 5 nitrogen and oxygen atoms in total. The van der Waals surface area contributed by atoms with Gasteiger partial charge >= 0.3 is 0 Å². The topological polar surface area (TPSA) is 62.5 Å². The van der Waals surface area contributed by atoms with Gasteiger partial charge in [-0.1, -0.05) is 30.5 Å². The fourth-order valence-electron chi connectivity index (χ4n) is 2.71. The fourth-order valence-corrected chi connectivity index (χ4v) is 2.71. The summed E-state index contributed by atoms with van der Waals surface area (Å²) in [6, 6.07) is 8.18. The number of oxazole rings is 1. The predicted molar refractivity (Wildman–Crippen MR) is 117 cm³/mol. The summed E-state index contributed by atoms with van der Waals surface area (Å²) in [5.41, 5.74) is 3.06. The first-order chi connectivity index (χ1) is 12.2. The molecule has 0 amide bonds. The normalized spacial score (nSPS) is 14.0. The minimum absolute atomic E-state index is 0. The lowest BCUT2D eigenvalue weighted by molar-refractivity contribution is 0.572. The molecule has 0 atom stereocenters. The first-order valence-electron chi connectivity index (χ1n) is 9.28. The summed E-state index contributed by atoms with van der Waals surface area (Å²) >= 11 is 0. The summed E-state index contributed by atoms with van der Waals surface area (Å²) in [5.74, 6) is 2.47. The molecule has 0 unspecified atom stereocenters. The van der Waals surface area contributed by atoms with Crippen LogP contribution >= 0.6 is 24.0 Å². The molecule has 1 saturated carbocycles. The predicted octanol–water partition coefficient (Wildman–Crippen LogP) is 4.51. The summed E-state index contributed by atoms with van der Waals surface area (Å²) in [5, 5.41) is 6.68. The highest BCUT2D eigenvalue weighted by molar-refractivity contribution is 14.0. The Morgan fingerprint density at radius 1 is 1.23 bits per heavy atom. The van der Waals surface area contributed by atoms with Crippen molar-refractivity contribution >= 4 is 29.9 Å². The molecule has 1 aliphatic rings. The van der Waals surface area contributed by atoms with E-state index in [2.05, 4.69) is 46.6 Å². The van der Waals surface area contributed by atoms with Gasteiger partial charge in [-0.15, -0.1) is 24.0 Å². The molecular weight excluding hydrogens is 439 g/mol. The van der Waals surface area contributed by atoms with Crippen molar-refractivity contribution in [3.8, 4) is 11.5 Å². The van der Waals surface area contributed by atoms with Crippen molar-refractivity contribution < 1.29 is 4.42 Å². The van der Waals surface area contributed by atoms with Crippen LogP contribution in [0.25, 0.3) is 11.5 Å². The zero-order valence-electron chi connectivity index (χ0n) is 15.6. The van der Waals surface area contributed by atoms with E-state index in [-0.39, 0.29) is 24.0 Å². The molecule has 0 saturated heterocycles. The van der Waals surface area contributed by atoms with E-state index in [0.717, 1.165) is 36.2 Å². The molecule has 3 rings (SSSR count). The summed E-state index contributed by atoms with van der Waals surface area (Å²) < 4.78 is 5.59. The van der Waals surface area contributed by atoms with Crippen LogP contribution in [0, 0.1) is 12.8 Å². The molecule has 1 aromatic carbocycles. The smallest absolute Gasteiger partial charge is 0.226 e. The SMILES string of the molecule is CCNC(=NCc1coc(-c2ccc(C)cc2)n1)NCCCC1CC1.I. The molecule has 6 heteroatoms. The van der Waals surface area contributed by atoms with E-state index < -0.39 is 0 Å². The number of aliphatic imine (C=N–C) groups is 1. The third-order valence-electron chi connectivity index (χ3n) is 4.37. The molecule has 0 aliphatic heterocycles. The Bertz CT molecular complexity index is 692. The van der Waals surface area contributed by atoms with Crippen LogP contribution in [0.5, 0.6) is 0 Å².